The summed E-state index contributed by atoms with van der Waals surface area (Å²) in [7, 11) is 0. The molecule has 2 aliphatic carbocycles. The Morgan fingerprint density at radius 2 is 2.29 bits per heavy atom. The Labute approximate surface area is 99.4 Å². The molecule has 0 bridgehead atoms. The van der Waals surface area contributed by atoms with E-state index in [0.717, 1.165) is 12.1 Å². The van der Waals surface area contributed by atoms with Gasteiger partial charge in [0.15, 0.2) is 0 Å². The zero-order valence-corrected chi connectivity index (χ0v) is 9.66. The van der Waals surface area contributed by atoms with Crippen LogP contribution in [0, 0.1) is 11.3 Å². The number of carbonyl (C=O) groups is 1. The van der Waals surface area contributed by atoms with Crippen molar-refractivity contribution in [2.45, 2.75) is 25.7 Å². The van der Waals surface area contributed by atoms with Crippen molar-refractivity contribution in [3.63, 3.8) is 0 Å². The summed E-state index contributed by atoms with van der Waals surface area (Å²) in [6.45, 7) is 0.603. The second-order valence-electron chi connectivity index (χ2n) is 5.20. The first kappa shape index (κ1) is 10.6. The van der Waals surface area contributed by atoms with E-state index >= 15 is 0 Å². The van der Waals surface area contributed by atoms with Gasteiger partial charge in [0.25, 0.3) is 0 Å². The van der Waals surface area contributed by atoms with Gasteiger partial charge in [-0.1, -0.05) is 6.07 Å². The maximum atomic E-state index is 11.7. The van der Waals surface area contributed by atoms with Crippen molar-refractivity contribution in [1.82, 2.24) is 10.3 Å². The van der Waals surface area contributed by atoms with Crippen LogP contribution in [0.1, 0.15) is 25.0 Å². The Hall–Kier alpha value is -1.58. The molecule has 90 valence electrons. The first-order valence-corrected chi connectivity index (χ1v) is 6.16. The first-order chi connectivity index (χ1) is 8.20. The molecule has 4 heteroatoms. The zero-order valence-electron chi connectivity index (χ0n) is 9.66. The monoisotopic (exact) mass is 232 g/mol. The van der Waals surface area contributed by atoms with Gasteiger partial charge < -0.3 is 10.3 Å². The molecule has 0 unspecified atom stereocenters. The Morgan fingerprint density at radius 3 is 2.94 bits per heavy atom. The Balaban J connectivity index is 1.46. The number of hydrogen-bond donors (Lipinski definition) is 2. The Bertz CT molecular complexity index is 502. The second-order valence-corrected chi connectivity index (χ2v) is 5.20. The second kappa shape index (κ2) is 3.72. The maximum Gasteiger partial charge on any atom is 0.248 e. The van der Waals surface area contributed by atoms with Crippen LogP contribution < -0.4 is 10.9 Å². The number of aromatic nitrogens is 1. The lowest BCUT2D eigenvalue weighted by Gasteiger charge is -2.04. The molecule has 0 radical (unpaired) electrons. The van der Waals surface area contributed by atoms with Crippen LogP contribution >= 0.6 is 0 Å². The summed E-state index contributed by atoms with van der Waals surface area (Å²) in [5, 5.41) is 2.95. The van der Waals surface area contributed by atoms with Gasteiger partial charge in [-0.15, -0.1) is 0 Å². The van der Waals surface area contributed by atoms with Crippen LogP contribution in [0.25, 0.3) is 0 Å². The van der Waals surface area contributed by atoms with Gasteiger partial charge in [0.2, 0.25) is 11.5 Å². The highest BCUT2D eigenvalue weighted by Gasteiger charge is 2.65. The van der Waals surface area contributed by atoms with Crippen molar-refractivity contribution < 1.29 is 4.79 Å². The van der Waals surface area contributed by atoms with Gasteiger partial charge in [0.05, 0.1) is 0 Å². The lowest BCUT2D eigenvalue weighted by molar-refractivity contribution is -0.122. The van der Waals surface area contributed by atoms with Crippen molar-refractivity contribution in [2.75, 3.05) is 6.54 Å². The minimum atomic E-state index is -0.0899. The van der Waals surface area contributed by atoms with Gasteiger partial charge in [-0.25, -0.2) is 0 Å². The average molecular weight is 232 g/mol. The van der Waals surface area contributed by atoms with Crippen LogP contribution in [0.15, 0.2) is 23.0 Å². The number of carbonyl (C=O) groups excluding carboxylic acids is 1. The van der Waals surface area contributed by atoms with Gasteiger partial charge in [0, 0.05) is 30.6 Å². The van der Waals surface area contributed by atoms with E-state index in [0.29, 0.717) is 18.4 Å². The summed E-state index contributed by atoms with van der Waals surface area (Å²) < 4.78 is 0. The third-order valence-electron chi connectivity index (χ3n) is 3.92. The number of rotatable bonds is 4. The Kier molecular flexibility index (Phi) is 2.31. The van der Waals surface area contributed by atoms with Crippen LogP contribution in [-0.4, -0.2) is 17.4 Å². The molecule has 1 aromatic rings. The number of hydrogen-bond acceptors (Lipinski definition) is 2. The number of amides is 1. The summed E-state index contributed by atoms with van der Waals surface area (Å²) in [4.78, 5) is 25.5. The summed E-state index contributed by atoms with van der Waals surface area (Å²) in [5.41, 5.74) is 1.20. The van der Waals surface area contributed by atoms with E-state index in [2.05, 4.69) is 10.3 Å². The fraction of sp³-hybridized carbons (Fsp3) is 0.538. The van der Waals surface area contributed by atoms with Gasteiger partial charge in [-0.3, -0.25) is 9.59 Å². The molecule has 2 fully saturated rings. The molecular formula is C13H16N2O2. The van der Waals surface area contributed by atoms with E-state index in [9.17, 15) is 9.59 Å². The maximum absolute atomic E-state index is 11.7. The van der Waals surface area contributed by atoms with Gasteiger partial charge >= 0.3 is 0 Å². The number of nitrogens with one attached hydrogen (secondary N) is 2. The molecule has 1 atom stereocenters. The van der Waals surface area contributed by atoms with Crippen LogP contribution in [0.2, 0.25) is 0 Å². The summed E-state index contributed by atoms with van der Waals surface area (Å²) >= 11 is 0. The van der Waals surface area contributed by atoms with Crippen LogP contribution in [0.3, 0.4) is 0 Å². The van der Waals surface area contributed by atoms with Crippen LogP contribution in [0.4, 0.5) is 0 Å². The first-order valence-electron chi connectivity index (χ1n) is 6.16. The predicted octanol–water partition coefficient (Wildman–Crippen LogP) is 0.834. The highest BCUT2D eigenvalue weighted by molar-refractivity contribution is 5.83. The van der Waals surface area contributed by atoms with E-state index in [1.807, 2.05) is 6.07 Å². The molecular weight excluding hydrogens is 216 g/mol. The summed E-state index contributed by atoms with van der Waals surface area (Å²) in [6, 6.07) is 5.09. The lowest BCUT2D eigenvalue weighted by Crippen LogP contribution is -2.28. The molecule has 0 aromatic carbocycles. The zero-order chi connectivity index (χ0) is 11.9. The quantitative estimate of drug-likeness (QED) is 0.807. The van der Waals surface area contributed by atoms with E-state index in [1.54, 1.807) is 6.07 Å². The lowest BCUT2D eigenvalue weighted by atomic mass is 10.2. The Morgan fingerprint density at radius 1 is 1.47 bits per heavy atom. The molecule has 0 saturated heterocycles. The minimum absolute atomic E-state index is 0.0899. The van der Waals surface area contributed by atoms with Crippen molar-refractivity contribution in [3.8, 4) is 0 Å². The third-order valence-corrected chi connectivity index (χ3v) is 3.92. The number of H-pyrrole nitrogens is 1. The molecule has 2 saturated carbocycles. The minimum Gasteiger partial charge on any atom is -0.355 e. The molecule has 2 N–H and O–H groups in total. The number of pyridine rings is 1. The van der Waals surface area contributed by atoms with E-state index < -0.39 is 0 Å². The summed E-state index contributed by atoms with van der Waals surface area (Å²) in [6.07, 6.45) is 4.23. The fourth-order valence-corrected chi connectivity index (χ4v) is 2.51. The van der Waals surface area contributed by atoms with Gasteiger partial charge in [-0.05, 0) is 30.7 Å². The number of aromatic amines is 1. The van der Waals surface area contributed by atoms with E-state index in [4.69, 9.17) is 0 Å². The fourth-order valence-electron chi connectivity index (χ4n) is 2.51. The molecule has 17 heavy (non-hydrogen) atoms. The van der Waals surface area contributed by atoms with E-state index in [1.165, 1.54) is 18.9 Å². The molecule has 0 aliphatic heterocycles. The standard InChI is InChI=1S/C13H16N2O2/c16-11-3-1-2-9(15-11)4-7-14-12(17)10-8-13(10)5-6-13/h1-3,10H,4-8H2,(H,14,17)(H,15,16)/t10-/m0/s1. The molecule has 4 nitrogen and oxygen atoms in total. The highest BCUT2D eigenvalue weighted by Crippen LogP contribution is 2.70. The molecule has 3 rings (SSSR count). The van der Waals surface area contributed by atoms with Crippen LogP contribution in [0.5, 0.6) is 0 Å². The smallest absolute Gasteiger partial charge is 0.248 e. The molecule has 2 aliphatic rings. The molecule has 1 amide bonds. The van der Waals surface area contributed by atoms with Crippen molar-refractivity contribution in [2.24, 2.45) is 11.3 Å². The topological polar surface area (TPSA) is 62.0 Å². The molecule has 1 spiro atoms. The molecule has 1 aromatic heterocycles. The highest BCUT2D eigenvalue weighted by atomic mass is 16.2. The van der Waals surface area contributed by atoms with Gasteiger partial charge in [0.1, 0.15) is 0 Å². The molecule has 1 heterocycles. The average Bonchev–Trinajstić information content (AvgIpc) is 3.20. The third kappa shape index (κ3) is 2.12. The predicted molar refractivity (Wildman–Crippen MR) is 63.6 cm³/mol. The SMILES string of the molecule is O=C(NCCc1cccc(=O)[nH]1)[C@@H]1CC12CC2. The van der Waals surface area contributed by atoms with Crippen molar-refractivity contribution in [3.05, 3.63) is 34.2 Å². The van der Waals surface area contributed by atoms with Crippen molar-refractivity contribution in [1.29, 1.82) is 0 Å². The van der Waals surface area contributed by atoms with E-state index in [-0.39, 0.29) is 17.4 Å². The van der Waals surface area contributed by atoms with Crippen molar-refractivity contribution >= 4 is 5.91 Å². The largest absolute Gasteiger partial charge is 0.355 e. The normalized spacial score (nSPS) is 23.4. The summed E-state index contributed by atoms with van der Waals surface area (Å²) in [5.74, 6) is 0.470. The van der Waals surface area contributed by atoms with Gasteiger partial charge in [-0.2, -0.15) is 0 Å². The van der Waals surface area contributed by atoms with Crippen LogP contribution in [-0.2, 0) is 11.2 Å².